The third-order valence-electron chi connectivity index (χ3n) is 4.94. The second kappa shape index (κ2) is 7.68. The summed E-state index contributed by atoms with van der Waals surface area (Å²) in [5.74, 6) is 0.386. The Bertz CT molecular complexity index is 1150. The number of amides is 1. The SMILES string of the molecule is CC(C)(CC(=O)Nc1nn2cccnc2c1-c1ccc(Cl)cc1)c1ccccc1. The highest BCUT2D eigenvalue weighted by Gasteiger charge is 2.26. The van der Waals surface area contributed by atoms with E-state index in [0.29, 0.717) is 22.9 Å². The highest BCUT2D eigenvalue weighted by atomic mass is 35.5. The Hall–Kier alpha value is -3.18. The molecule has 29 heavy (non-hydrogen) atoms. The van der Waals surface area contributed by atoms with Crippen molar-refractivity contribution < 1.29 is 4.79 Å². The highest BCUT2D eigenvalue weighted by Crippen LogP contribution is 2.33. The van der Waals surface area contributed by atoms with E-state index in [0.717, 1.165) is 16.7 Å². The fourth-order valence-corrected chi connectivity index (χ4v) is 3.55. The van der Waals surface area contributed by atoms with Crippen molar-refractivity contribution in [2.45, 2.75) is 25.7 Å². The Labute approximate surface area is 174 Å². The lowest BCUT2D eigenvalue weighted by molar-refractivity contribution is -0.117. The van der Waals surface area contributed by atoms with Gasteiger partial charge in [0.05, 0.1) is 5.56 Å². The van der Waals surface area contributed by atoms with Gasteiger partial charge in [0, 0.05) is 23.8 Å². The predicted octanol–water partition coefficient (Wildman–Crippen LogP) is 5.36. The first kappa shape index (κ1) is 19.2. The van der Waals surface area contributed by atoms with E-state index in [1.54, 1.807) is 16.8 Å². The molecule has 5 nitrogen and oxygen atoms in total. The van der Waals surface area contributed by atoms with Gasteiger partial charge in [-0.2, -0.15) is 0 Å². The summed E-state index contributed by atoms with van der Waals surface area (Å²) in [7, 11) is 0. The molecule has 2 heterocycles. The number of fused-ring (bicyclic) bond motifs is 1. The summed E-state index contributed by atoms with van der Waals surface area (Å²) in [6, 6.07) is 19.3. The molecule has 0 fully saturated rings. The van der Waals surface area contributed by atoms with Crippen LogP contribution in [0.15, 0.2) is 73.1 Å². The number of benzene rings is 2. The number of nitrogens with zero attached hydrogens (tertiary/aromatic N) is 3. The first-order valence-electron chi connectivity index (χ1n) is 9.39. The number of halogens is 1. The maximum atomic E-state index is 12.9. The summed E-state index contributed by atoms with van der Waals surface area (Å²) in [4.78, 5) is 17.4. The van der Waals surface area contributed by atoms with E-state index in [2.05, 4.69) is 29.2 Å². The van der Waals surface area contributed by atoms with E-state index < -0.39 is 0 Å². The number of nitrogens with one attached hydrogen (secondary N) is 1. The Balaban J connectivity index is 1.66. The number of carbonyl (C=O) groups excluding carboxylic acids is 1. The summed E-state index contributed by atoms with van der Waals surface area (Å²) in [5, 5.41) is 8.19. The molecule has 6 heteroatoms. The van der Waals surface area contributed by atoms with Gasteiger partial charge in [-0.15, -0.1) is 5.10 Å². The first-order valence-corrected chi connectivity index (χ1v) is 9.76. The van der Waals surface area contributed by atoms with Gasteiger partial charge in [-0.1, -0.05) is 67.9 Å². The van der Waals surface area contributed by atoms with Gasteiger partial charge in [0.25, 0.3) is 0 Å². The van der Waals surface area contributed by atoms with Gasteiger partial charge in [-0.25, -0.2) is 9.50 Å². The Kier molecular flexibility index (Phi) is 5.07. The second-order valence-corrected chi connectivity index (χ2v) is 8.03. The number of hydrogen-bond donors (Lipinski definition) is 1. The molecule has 0 atom stereocenters. The molecule has 0 saturated heterocycles. The molecule has 2 aromatic heterocycles. The Morgan fingerprint density at radius 2 is 1.79 bits per heavy atom. The predicted molar refractivity (Wildman–Crippen MR) is 116 cm³/mol. The van der Waals surface area contributed by atoms with Crippen molar-refractivity contribution in [2.24, 2.45) is 0 Å². The molecule has 0 saturated carbocycles. The summed E-state index contributed by atoms with van der Waals surface area (Å²) >= 11 is 6.04. The molecule has 0 aliphatic rings. The summed E-state index contributed by atoms with van der Waals surface area (Å²) in [6.07, 6.45) is 3.85. The molecule has 4 aromatic rings. The number of carbonyl (C=O) groups is 1. The van der Waals surface area contributed by atoms with Crippen molar-refractivity contribution in [2.75, 3.05) is 5.32 Å². The fourth-order valence-electron chi connectivity index (χ4n) is 3.43. The van der Waals surface area contributed by atoms with Crippen LogP contribution in [-0.4, -0.2) is 20.5 Å². The summed E-state index contributed by atoms with van der Waals surface area (Å²) < 4.78 is 1.67. The van der Waals surface area contributed by atoms with Crippen molar-refractivity contribution in [3.05, 3.63) is 83.6 Å². The molecule has 1 N–H and O–H groups in total. The average Bonchev–Trinajstić information content (AvgIpc) is 3.06. The summed E-state index contributed by atoms with van der Waals surface area (Å²) in [5.41, 5.74) is 3.15. The lowest BCUT2D eigenvalue weighted by Gasteiger charge is -2.24. The van der Waals surface area contributed by atoms with Gasteiger partial charge in [0.2, 0.25) is 5.91 Å². The molecule has 0 aliphatic heterocycles. The topological polar surface area (TPSA) is 59.3 Å². The normalized spacial score (nSPS) is 11.6. The average molecular weight is 405 g/mol. The van der Waals surface area contributed by atoms with Gasteiger partial charge in [0.15, 0.2) is 11.5 Å². The minimum Gasteiger partial charge on any atom is -0.309 e. The molecule has 0 bridgehead atoms. The number of rotatable bonds is 5. The van der Waals surface area contributed by atoms with Gasteiger partial charge >= 0.3 is 0 Å². The van der Waals surface area contributed by atoms with E-state index in [1.807, 2.05) is 60.8 Å². The molecular weight excluding hydrogens is 384 g/mol. The van der Waals surface area contributed by atoms with Crippen molar-refractivity contribution in [3.63, 3.8) is 0 Å². The molecule has 146 valence electrons. The maximum Gasteiger partial charge on any atom is 0.226 e. The van der Waals surface area contributed by atoms with Crippen LogP contribution in [0.2, 0.25) is 5.02 Å². The van der Waals surface area contributed by atoms with Crippen LogP contribution in [0.1, 0.15) is 25.8 Å². The Morgan fingerprint density at radius 3 is 2.52 bits per heavy atom. The van der Waals surface area contributed by atoms with Crippen LogP contribution in [0.3, 0.4) is 0 Å². The van der Waals surface area contributed by atoms with E-state index in [-0.39, 0.29) is 11.3 Å². The van der Waals surface area contributed by atoms with Gasteiger partial charge in [-0.3, -0.25) is 4.79 Å². The van der Waals surface area contributed by atoms with Crippen LogP contribution in [0.5, 0.6) is 0 Å². The largest absolute Gasteiger partial charge is 0.309 e. The minimum absolute atomic E-state index is 0.0996. The zero-order valence-electron chi connectivity index (χ0n) is 16.3. The second-order valence-electron chi connectivity index (χ2n) is 7.59. The van der Waals surface area contributed by atoms with Crippen LogP contribution in [0.4, 0.5) is 5.82 Å². The van der Waals surface area contributed by atoms with E-state index >= 15 is 0 Å². The summed E-state index contributed by atoms with van der Waals surface area (Å²) in [6.45, 7) is 4.13. The molecule has 0 unspecified atom stereocenters. The van der Waals surface area contributed by atoms with Crippen molar-refractivity contribution in [1.29, 1.82) is 0 Å². The number of hydrogen-bond acceptors (Lipinski definition) is 3. The van der Waals surface area contributed by atoms with Crippen LogP contribution in [0, 0.1) is 0 Å². The van der Waals surface area contributed by atoms with Gasteiger partial charge in [0.1, 0.15) is 0 Å². The molecular formula is C23H21ClN4O. The molecule has 0 radical (unpaired) electrons. The third-order valence-corrected chi connectivity index (χ3v) is 5.20. The third kappa shape index (κ3) is 4.00. The van der Waals surface area contributed by atoms with Crippen LogP contribution >= 0.6 is 11.6 Å². The lowest BCUT2D eigenvalue weighted by Crippen LogP contribution is -2.26. The van der Waals surface area contributed by atoms with E-state index in [1.165, 1.54) is 0 Å². The van der Waals surface area contributed by atoms with Gasteiger partial charge < -0.3 is 5.32 Å². The maximum absolute atomic E-state index is 12.9. The smallest absolute Gasteiger partial charge is 0.226 e. The molecule has 4 rings (SSSR count). The quantitative estimate of drug-likeness (QED) is 0.487. The minimum atomic E-state index is -0.302. The molecule has 0 spiro atoms. The zero-order chi connectivity index (χ0) is 20.4. The van der Waals surface area contributed by atoms with Crippen molar-refractivity contribution in [3.8, 4) is 11.1 Å². The number of anilines is 1. The van der Waals surface area contributed by atoms with Crippen LogP contribution in [-0.2, 0) is 10.2 Å². The first-order chi connectivity index (χ1) is 13.9. The van der Waals surface area contributed by atoms with Crippen LogP contribution in [0.25, 0.3) is 16.8 Å². The van der Waals surface area contributed by atoms with E-state index in [4.69, 9.17) is 11.6 Å². The van der Waals surface area contributed by atoms with Crippen molar-refractivity contribution in [1.82, 2.24) is 14.6 Å². The molecule has 1 amide bonds. The standard InChI is InChI=1S/C23H21ClN4O/c1-23(2,17-7-4-3-5-8-17)15-19(29)26-21-20(16-9-11-18(24)12-10-16)22-25-13-6-14-28(22)27-21/h3-14H,15H2,1-2H3,(H,26,27,29). The Morgan fingerprint density at radius 1 is 1.07 bits per heavy atom. The highest BCUT2D eigenvalue weighted by molar-refractivity contribution is 6.30. The fraction of sp³-hybridized carbons (Fsp3) is 0.174. The van der Waals surface area contributed by atoms with Crippen LogP contribution < -0.4 is 5.32 Å². The lowest BCUT2D eigenvalue weighted by atomic mass is 9.81. The zero-order valence-corrected chi connectivity index (χ0v) is 17.0. The monoisotopic (exact) mass is 404 g/mol. The molecule has 0 aliphatic carbocycles. The van der Waals surface area contributed by atoms with Crippen molar-refractivity contribution >= 4 is 29.0 Å². The number of aromatic nitrogens is 3. The van der Waals surface area contributed by atoms with Gasteiger partial charge in [-0.05, 0) is 34.7 Å². The van der Waals surface area contributed by atoms with E-state index in [9.17, 15) is 4.79 Å². The molecule has 2 aromatic carbocycles.